The number of amides is 2. The lowest BCUT2D eigenvalue weighted by Crippen LogP contribution is -2.21. The van der Waals surface area contributed by atoms with Crippen LogP contribution in [0.25, 0.3) is 11.1 Å². The molecule has 218 valence electrons. The zero-order chi connectivity index (χ0) is 30.6. The molecule has 1 atom stereocenters. The van der Waals surface area contributed by atoms with Crippen LogP contribution in [-0.2, 0) is 21.9 Å². The second-order valence-electron chi connectivity index (χ2n) is 9.56. The van der Waals surface area contributed by atoms with Gasteiger partial charge in [0.15, 0.2) is 9.84 Å². The molecule has 3 aromatic carbocycles. The third-order valence-electron chi connectivity index (χ3n) is 6.33. The Hall–Kier alpha value is -4.30. The van der Waals surface area contributed by atoms with Crippen LogP contribution in [0, 0.1) is 11.6 Å². The van der Waals surface area contributed by atoms with Crippen LogP contribution in [0.5, 0.6) is 0 Å². The zero-order valence-electron chi connectivity index (χ0n) is 21.3. The van der Waals surface area contributed by atoms with Crippen molar-refractivity contribution in [3.05, 3.63) is 105 Å². The molecule has 4 aromatic rings. The summed E-state index contributed by atoms with van der Waals surface area (Å²) in [5.74, 6) is -4.18. The maximum Gasteiger partial charge on any atom is 0.416 e. The van der Waals surface area contributed by atoms with Gasteiger partial charge >= 0.3 is 6.18 Å². The Kier molecular flexibility index (Phi) is 7.31. The van der Waals surface area contributed by atoms with E-state index in [0.29, 0.717) is 17.7 Å². The van der Waals surface area contributed by atoms with Crippen LogP contribution in [0.3, 0.4) is 0 Å². The summed E-state index contributed by atoms with van der Waals surface area (Å²) in [5.41, 5.74) is -1.23. The zero-order valence-corrected chi connectivity index (χ0v) is 22.8. The molecule has 1 aliphatic rings. The molecule has 8 nitrogen and oxygen atoms in total. The van der Waals surface area contributed by atoms with E-state index in [-0.39, 0.29) is 39.0 Å². The van der Waals surface area contributed by atoms with Gasteiger partial charge < -0.3 is 10.6 Å². The molecule has 0 saturated heterocycles. The largest absolute Gasteiger partial charge is 0.416 e. The predicted molar refractivity (Wildman–Crippen MR) is 143 cm³/mol. The van der Waals surface area contributed by atoms with E-state index in [9.17, 15) is 40.0 Å². The Bertz CT molecular complexity index is 1870. The minimum Gasteiger partial charge on any atom is -0.341 e. The van der Waals surface area contributed by atoms with Gasteiger partial charge in [-0.25, -0.2) is 17.2 Å². The van der Waals surface area contributed by atoms with E-state index in [2.05, 4.69) is 15.7 Å². The Labute approximate surface area is 240 Å². The highest BCUT2D eigenvalue weighted by Gasteiger charge is 2.36. The Morgan fingerprint density at radius 1 is 1.07 bits per heavy atom. The maximum atomic E-state index is 14.2. The molecule has 2 N–H and O–H groups in total. The first kappa shape index (κ1) is 29.2. The molecule has 0 bridgehead atoms. The van der Waals surface area contributed by atoms with E-state index in [1.807, 2.05) is 0 Å². The molecule has 15 heteroatoms. The van der Waals surface area contributed by atoms with Gasteiger partial charge in [0.2, 0.25) is 0 Å². The van der Waals surface area contributed by atoms with Gasteiger partial charge in [0, 0.05) is 51.0 Å². The molecular formula is C27H18ClF5N4O4S. The summed E-state index contributed by atoms with van der Waals surface area (Å²) >= 11 is 6.29. The molecule has 5 rings (SSSR count). The van der Waals surface area contributed by atoms with Crippen molar-refractivity contribution in [1.82, 2.24) is 15.1 Å². The van der Waals surface area contributed by atoms with E-state index in [1.165, 1.54) is 30.6 Å². The number of hydrogen-bond donors (Lipinski definition) is 2. The number of aromatic nitrogens is 2. The molecule has 0 fully saturated rings. The van der Waals surface area contributed by atoms with Crippen molar-refractivity contribution < 1.29 is 40.0 Å². The predicted octanol–water partition coefficient (Wildman–Crippen LogP) is 5.59. The lowest BCUT2D eigenvalue weighted by molar-refractivity contribution is -0.137. The maximum absolute atomic E-state index is 14.2. The van der Waals surface area contributed by atoms with Crippen LogP contribution in [0.1, 0.15) is 43.4 Å². The summed E-state index contributed by atoms with van der Waals surface area (Å²) in [6.07, 6.45) is -1.23. The molecule has 0 radical (unpaired) electrons. The number of nitrogens with one attached hydrogen (secondary N) is 2. The minimum atomic E-state index is -4.93. The number of nitrogens with zero attached hydrogens (tertiary/aromatic N) is 2. The SMILES string of the molecule is CS(=O)(=O)Cn1cc(-c2cc(NC(=O)c3cc(F)cc(C(F)(F)F)c3)c3c(c2)C(=O)NC3c2cc(F)ccc2Cl)cn1. The summed E-state index contributed by atoms with van der Waals surface area (Å²) in [5, 5.41) is 9.19. The number of alkyl halides is 3. The minimum absolute atomic E-state index is 0.0132. The lowest BCUT2D eigenvalue weighted by atomic mass is 9.93. The quantitative estimate of drug-likeness (QED) is 0.272. The molecule has 2 heterocycles. The monoisotopic (exact) mass is 624 g/mol. The van der Waals surface area contributed by atoms with E-state index >= 15 is 0 Å². The van der Waals surface area contributed by atoms with Crippen LogP contribution in [0.2, 0.25) is 5.02 Å². The molecule has 1 aliphatic heterocycles. The standard InChI is InChI=1S/C27H18ClF5N4O4S/c1-42(40,41)12-37-11-15(10-34-37)13-6-20-23(24(36-26(20)39)19-9-17(29)2-3-21(19)28)22(7-13)35-25(38)14-4-16(27(31,32)33)8-18(30)5-14/h2-11,24H,12H2,1H3,(H,35,38)(H,36,39). The number of carbonyl (C=O) groups is 2. The summed E-state index contributed by atoms with van der Waals surface area (Å²) in [6, 6.07) is 6.52. The van der Waals surface area contributed by atoms with Gasteiger partial charge in [0.05, 0.1) is 17.8 Å². The van der Waals surface area contributed by atoms with Gasteiger partial charge in [-0.2, -0.15) is 18.3 Å². The van der Waals surface area contributed by atoms with Crippen LogP contribution >= 0.6 is 11.6 Å². The van der Waals surface area contributed by atoms with Crippen LogP contribution < -0.4 is 10.6 Å². The van der Waals surface area contributed by atoms with Crippen LogP contribution in [0.4, 0.5) is 27.6 Å². The number of rotatable bonds is 6. The van der Waals surface area contributed by atoms with Crippen molar-refractivity contribution in [1.29, 1.82) is 0 Å². The van der Waals surface area contributed by atoms with Crippen molar-refractivity contribution in [2.24, 2.45) is 0 Å². The number of fused-ring (bicyclic) bond motifs is 1. The summed E-state index contributed by atoms with van der Waals surface area (Å²) in [7, 11) is -3.46. The lowest BCUT2D eigenvalue weighted by Gasteiger charge is -2.19. The highest BCUT2D eigenvalue weighted by Crippen LogP contribution is 2.42. The van der Waals surface area contributed by atoms with Gasteiger partial charge in [0.25, 0.3) is 11.8 Å². The normalized spacial score (nSPS) is 14.9. The average molecular weight is 625 g/mol. The van der Waals surface area contributed by atoms with Gasteiger partial charge in [0.1, 0.15) is 17.5 Å². The number of benzene rings is 3. The second kappa shape index (κ2) is 10.5. The van der Waals surface area contributed by atoms with Crippen molar-refractivity contribution in [2.75, 3.05) is 11.6 Å². The van der Waals surface area contributed by atoms with Gasteiger partial charge in [-0.05, 0) is 54.1 Å². The number of halogens is 6. The molecular weight excluding hydrogens is 607 g/mol. The Morgan fingerprint density at radius 3 is 2.50 bits per heavy atom. The molecule has 1 aromatic heterocycles. The second-order valence-corrected chi connectivity index (χ2v) is 12.1. The topological polar surface area (TPSA) is 110 Å². The van der Waals surface area contributed by atoms with Gasteiger partial charge in [-0.1, -0.05) is 11.6 Å². The molecule has 0 aliphatic carbocycles. The molecule has 1 unspecified atom stereocenters. The van der Waals surface area contributed by atoms with E-state index in [1.54, 1.807) is 0 Å². The van der Waals surface area contributed by atoms with Crippen molar-refractivity contribution in [2.45, 2.75) is 18.1 Å². The van der Waals surface area contributed by atoms with E-state index < -0.39 is 62.5 Å². The van der Waals surface area contributed by atoms with Crippen molar-refractivity contribution in [3.63, 3.8) is 0 Å². The first-order valence-electron chi connectivity index (χ1n) is 11.9. The first-order chi connectivity index (χ1) is 19.6. The fourth-order valence-electron chi connectivity index (χ4n) is 4.57. The smallest absolute Gasteiger partial charge is 0.341 e. The number of carbonyl (C=O) groups excluding carboxylic acids is 2. The highest BCUT2D eigenvalue weighted by molar-refractivity contribution is 7.89. The van der Waals surface area contributed by atoms with Gasteiger partial charge in [-0.3, -0.25) is 14.3 Å². The van der Waals surface area contributed by atoms with Crippen molar-refractivity contribution in [3.8, 4) is 11.1 Å². The first-order valence-corrected chi connectivity index (χ1v) is 14.4. The Balaban J connectivity index is 1.65. The van der Waals surface area contributed by atoms with Crippen molar-refractivity contribution >= 4 is 38.9 Å². The van der Waals surface area contributed by atoms with Crippen LogP contribution in [-0.4, -0.2) is 36.3 Å². The number of anilines is 1. The highest BCUT2D eigenvalue weighted by atomic mass is 35.5. The Morgan fingerprint density at radius 2 is 1.81 bits per heavy atom. The third-order valence-corrected chi connectivity index (χ3v) is 7.40. The van der Waals surface area contributed by atoms with Crippen LogP contribution in [0.15, 0.2) is 60.9 Å². The van der Waals surface area contributed by atoms with Gasteiger partial charge in [-0.15, -0.1) is 0 Å². The molecule has 42 heavy (non-hydrogen) atoms. The summed E-state index contributed by atoms with van der Waals surface area (Å²) in [6.45, 7) is 0. The summed E-state index contributed by atoms with van der Waals surface area (Å²) in [4.78, 5) is 26.3. The molecule has 0 saturated carbocycles. The number of hydrogen-bond acceptors (Lipinski definition) is 5. The fourth-order valence-corrected chi connectivity index (χ4v) is 5.42. The molecule has 2 amide bonds. The fraction of sp³-hybridized carbons (Fsp3) is 0.148. The van der Waals surface area contributed by atoms with E-state index in [4.69, 9.17) is 11.6 Å². The molecule has 0 spiro atoms. The third kappa shape index (κ3) is 5.99. The number of sulfone groups is 1. The summed E-state index contributed by atoms with van der Waals surface area (Å²) < 4.78 is 92.6. The average Bonchev–Trinajstić information content (AvgIpc) is 3.47. The van der Waals surface area contributed by atoms with E-state index in [0.717, 1.165) is 23.1 Å².